The van der Waals surface area contributed by atoms with Crippen molar-refractivity contribution in [3.05, 3.63) is 10.1 Å². The Hall–Kier alpha value is 0.780. The second kappa shape index (κ2) is 3.64. The third-order valence-electron chi connectivity index (χ3n) is 4.60. The van der Waals surface area contributed by atoms with Gasteiger partial charge in [-0.1, -0.05) is 46.4 Å². The predicted octanol–water partition coefficient (Wildman–Crippen LogP) is 2.98. The highest BCUT2D eigenvalue weighted by Gasteiger charge is 2.88. The molecule has 0 aromatic carbocycles. The van der Waals surface area contributed by atoms with Gasteiger partial charge in [-0.3, -0.25) is 9.59 Å². The number of rotatable bonds is 0. The summed E-state index contributed by atoms with van der Waals surface area (Å²) in [6, 6.07) is 0. The van der Waals surface area contributed by atoms with Crippen molar-refractivity contribution in [2.75, 3.05) is 0 Å². The number of alkyl halides is 4. The van der Waals surface area contributed by atoms with Gasteiger partial charge in [0.05, 0.1) is 21.9 Å². The number of Topliss-reactive ketones (excluding diaryl/α,β-unsaturated/α-hetero) is 2. The van der Waals surface area contributed by atoms with Crippen LogP contribution in [0.25, 0.3) is 0 Å². The molecule has 4 rings (SSSR count). The molecule has 1 aliphatic heterocycles. The van der Waals surface area contributed by atoms with E-state index >= 15 is 0 Å². The SMILES string of the molecule is O=C1[C@H]2O[C@H]2C(=O)[C@H]2[C@H]1[C@@]1(Cl)C(Cl)=C(Cl)[C@@]2(Cl)C1(Cl)Cl. The number of allylic oxidation sites excluding steroid dienone is 2. The lowest BCUT2D eigenvalue weighted by Gasteiger charge is -2.36. The molecule has 1 saturated heterocycles. The van der Waals surface area contributed by atoms with Gasteiger partial charge < -0.3 is 4.74 Å². The van der Waals surface area contributed by atoms with Gasteiger partial charge in [-0.05, 0) is 0 Å². The minimum absolute atomic E-state index is 0.0812. The van der Waals surface area contributed by atoms with Crippen molar-refractivity contribution in [2.45, 2.75) is 26.3 Å². The molecule has 3 fully saturated rings. The van der Waals surface area contributed by atoms with Gasteiger partial charge in [0.15, 0.2) is 28.1 Å². The molecular formula is C11H4Cl6O3. The van der Waals surface area contributed by atoms with Crippen LogP contribution in [0.15, 0.2) is 10.1 Å². The monoisotopic (exact) mass is 394 g/mol. The summed E-state index contributed by atoms with van der Waals surface area (Å²) in [5.74, 6) is -2.79. The van der Waals surface area contributed by atoms with E-state index in [9.17, 15) is 9.59 Å². The number of ether oxygens (including phenoxy) is 1. The maximum Gasteiger partial charge on any atom is 0.170 e. The van der Waals surface area contributed by atoms with Crippen LogP contribution in [0, 0.1) is 11.8 Å². The largest absolute Gasteiger partial charge is 0.353 e. The van der Waals surface area contributed by atoms with Gasteiger partial charge in [0.1, 0.15) is 9.75 Å². The zero-order valence-electron chi connectivity index (χ0n) is 9.30. The Kier molecular flexibility index (Phi) is 2.62. The highest BCUT2D eigenvalue weighted by Crippen LogP contribution is 2.77. The lowest BCUT2D eigenvalue weighted by atomic mass is 9.71. The van der Waals surface area contributed by atoms with Crippen molar-refractivity contribution >= 4 is 81.2 Å². The Balaban J connectivity index is 2.03. The number of epoxide rings is 1. The molecule has 2 saturated carbocycles. The average molecular weight is 397 g/mol. The molecule has 9 heteroatoms. The van der Waals surface area contributed by atoms with E-state index in [1.807, 2.05) is 0 Å². The summed E-state index contributed by atoms with van der Waals surface area (Å²) in [6.07, 6.45) is -1.60. The molecule has 3 nitrogen and oxygen atoms in total. The predicted molar refractivity (Wildman–Crippen MR) is 76.0 cm³/mol. The van der Waals surface area contributed by atoms with Crippen molar-refractivity contribution in [3.63, 3.8) is 0 Å². The first-order chi connectivity index (χ1) is 9.11. The Morgan fingerprint density at radius 3 is 1.50 bits per heavy atom. The van der Waals surface area contributed by atoms with Crippen LogP contribution in [0.5, 0.6) is 0 Å². The normalized spacial score (nSPS) is 55.1. The first kappa shape index (κ1) is 14.4. The van der Waals surface area contributed by atoms with E-state index in [2.05, 4.69) is 0 Å². The molecule has 4 aliphatic rings. The van der Waals surface area contributed by atoms with Crippen LogP contribution in [0.4, 0.5) is 0 Å². The summed E-state index contributed by atoms with van der Waals surface area (Å²) in [7, 11) is 0. The van der Waals surface area contributed by atoms with E-state index in [-0.39, 0.29) is 21.6 Å². The molecular weight excluding hydrogens is 393 g/mol. The van der Waals surface area contributed by atoms with Crippen LogP contribution < -0.4 is 0 Å². The van der Waals surface area contributed by atoms with Gasteiger partial charge in [0.2, 0.25) is 0 Å². The molecule has 20 heavy (non-hydrogen) atoms. The third kappa shape index (κ3) is 1.12. The maximum absolute atomic E-state index is 12.4. The summed E-state index contributed by atoms with van der Waals surface area (Å²) in [5.41, 5.74) is 0. The number of fused-ring (bicyclic) bond motifs is 6. The molecule has 108 valence electrons. The summed E-state index contributed by atoms with van der Waals surface area (Å²) in [6.45, 7) is 0. The highest BCUT2D eigenvalue weighted by molar-refractivity contribution is 6.66. The molecule has 0 unspecified atom stereocenters. The molecule has 0 amide bonds. The fourth-order valence-corrected chi connectivity index (χ4v) is 6.56. The number of carbonyl (C=O) groups excluding carboxylic acids is 2. The van der Waals surface area contributed by atoms with E-state index in [0.717, 1.165) is 0 Å². The smallest absolute Gasteiger partial charge is 0.170 e. The van der Waals surface area contributed by atoms with Gasteiger partial charge in [-0.15, -0.1) is 23.2 Å². The van der Waals surface area contributed by atoms with Crippen molar-refractivity contribution in [3.8, 4) is 0 Å². The fraction of sp³-hybridized carbons (Fsp3) is 0.636. The molecule has 3 aliphatic carbocycles. The van der Waals surface area contributed by atoms with Crippen LogP contribution in [0.3, 0.4) is 0 Å². The summed E-state index contributed by atoms with van der Waals surface area (Å²) < 4.78 is 3.22. The average Bonchev–Trinajstić information content (AvgIpc) is 3.14. The summed E-state index contributed by atoms with van der Waals surface area (Å²) in [5, 5.41) is -0.162. The first-order valence-electron chi connectivity index (χ1n) is 5.66. The van der Waals surface area contributed by atoms with Crippen molar-refractivity contribution < 1.29 is 14.3 Å². The summed E-state index contributed by atoms with van der Waals surface area (Å²) in [4.78, 5) is 21.4. The van der Waals surface area contributed by atoms with Gasteiger partial charge in [0.25, 0.3) is 0 Å². The zero-order chi connectivity index (χ0) is 14.8. The number of carbonyl (C=O) groups is 2. The van der Waals surface area contributed by atoms with Crippen LogP contribution in [-0.2, 0) is 14.3 Å². The number of ketones is 2. The van der Waals surface area contributed by atoms with Crippen LogP contribution >= 0.6 is 69.6 Å². The lowest BCUT2D eigenvalue weighted by molar-refractivity contribution is -0.135. The quantitative estimate of drug-likeness (QED) is 0.467. The Bertz CT molecular complexity index is 580. The Morgan fingerprint density at radius 1 is 0.800 bits per heavy atom. The van der Waals surface area contributed by atoms with E-state index in [1.165, 1.54) is 0 Å². The molecule has 0 aromatic rings. The molecule has 0 radical (unpaired) electrons. The van der Waals surface area contributed by atoms with E-state index in [0.29, 0.717) is 0 Å². The second-order valence-electron chi connectivity index (χ2n) is 5.36. The number of hydrogen-bond acceptors (Lipinski definition) is 3. The van der Waals surface area contributed by atoms with Gasteiger partial charge in [0, 0.05) is 0 Å². The number of halogens is 6. The highest BCUT2D eigenvalue weighted by atomic mass is 35.5. The van der Waals surface area contributed by atoms with Crippen LogP contribution in [-0.4, -0.2) is 37.9 Å². The number of hydrogen-bond donors (Lipinski definition) is 0. The lowest BCUT2D eigenvalue weighted by Crippen LogP contribution is -2.51. The van der Waals surface area contributed by atoms with Crippen LogP contribution in [0.1, 0.15) is 0 Å². The van der Waals surface area contributed by atoms with Crippen LogP contribution in [0.2, 0.25) is 0 Å². The molecule has 0 aromatic heterocycles. The van der Waals surface area contributed by atoms with Gasteiger partial charge >= 0.3 is 0 Å². The Morgan fingerprint density at radius 2 is 1.15 bits per heavy atom. The van der Waals surface area contributed by atoms with Crippen molar-refractivity contribution in [1.29, 1.82) is 0 Å². The second-order valence-corrected chi connectivity index (χ2v) is 8.64. The minimum Gasteiger partial charge on any atom is -0.353 e. The van der Waals surface area contributed by atoms with E-state index in [1.54, 1.807) is 0 Å². The first-order valence-corrected chi connectivity index (χ1v) is 7.93. The topological polar surface area (TPSA) is 46.7 Å². The van der Waals surface area contributed by atoms with E-state index in [4.69, 9.17) is 74.3 Å². The fourth-order valence-electron chi connectivity index (χ4n) is 3.60. The maximum atomic E-state index is 12.4. The Labute approximate surface area is 143 Å². The molecule has 0 N–H and O–H groups in total. The van der Waals surface area contributed by atoms with E-state index < -0.39 is 38.1 Å². The van der Waals surface area contributed by atoms with Gasteiger partial charge in [-0.2, -0.15) is 0 Å². The minimum atomic E-state index is -1.87. The van der Waals surface area contributed by atoms with Crippen molar-refractivity contribution in [2.24, 2.45) is 11.8 Å². The molecule has 2 bridgehead atoms. The third-order valence-corrected chi connectivity index (χ3v) is 8.86. The van der Waals surface area contributed by atoms with Gasteiger partial charge in [-0.25, -0.2) is 0 Å². The molecule has 0 spiro atoms. The zero-order valence-corrected chi connectivity index (χ0v) is 13.8. The molecule has 6 atom stereocenters. The summed E-state index contributed by atoms with van der Waals surface area (Å²) >= 11 is 37.9. The molecule has 1 heterocycles. The van der Waals surface area contributed by atoms with Crippen molar-refractivity contribution in [1.82, 2.24) is 0 Å². The standard InChI is InChI=1S/C11H4Cl6O3/c12-7-8(13)10(15)2-1(9(7,14)11(10,16)17)3(18)5-6(20-5)4(2)19/h1-2,5-6H/t1-,2-,5-,6+,9-,10-/m1/s1.